The van der Waals surface area contributed by atoms with Gasteiger partial charge in [0.05, 0.1) is 18.4 Å². The molecule has 30 heavy (non-hydrogen) atoms. The van der Waals surface area contributed by atoms with E-state index in [0.717, 1.165) is 61.9 Å². The monoisotopic (exact) mass is 423 g/mol. The molecule has 2 atom stereocenters. The Labute approximate surface area is 174 Å². The first kappa shape index (κ1) is 22.5. The molecule has 164 valence electrons. The van der Waals surface area contributed by atoms with E-state index in [9.17, 15) is 18.3 Å². The van der Waals surface area contributed by atoms with E-state index in [1.807, 2.05) is 14.0 Å². The molecule has 1 aliphatic rings. The lowest BCUT2D eigenvalue weighted by Gasteiger charge is -2.21. The lowest BCUT2D eigenvalue weighted by Crippen LogP contribution is -2.17. The van der Waals surface area contributed by atoms with Gasteiger partial charge in [-0.15, -0.1) is 5.10 Å². The number of hydrogen-bond donors (Lipinski definition) is 2. The van der Waals surface area contributed by atoms with Crippen molar-refractivity contribution >= 4 is 0 Å². The average Bonchev–Trinajstić information content (AvgIpc) is 3.21. The number of fused-ring (bicyclic) bond motifs is 1. The fourth-order valence-corrected chi connectivity index (χ4v) is 4.06. The molecule has 1 aliphatic carbocycles. The van der Waals surface area contributed by atoms with Gasteiger partial charge in [0.15, 0.2) is 0 Å². The standard InChI is InChI=1S/C22H28F3N3O2/c1-13(6-5-11-26-2)21(29)20-16-8-4-7-15(16)19(27-28-20)17-10-9-14(22(23,24)25)12-18(17)30-3/h9-10,12-13,21,26,29H,4-8,11H2,1-3H3/t13-,21?/m0/s1. The van der Waals surface area contributed by atoms with E-state index in [4.69, 9.17) is 4.74 Å². The Balaban J connectivity index is 1.97. The van der Waals surface area contributed by atoms with Gasteiger partial charge in [0.2, 0.25) is 0 Å². The molecule has 3 rings (SSSR count). The number of ether oxygens (including phenoxy) is 1. The van der Waals surface area contributed by atoms with Crippen LogP contribution in [0, 0.1) is 5.92 Å². The molecule has 0 spiro atoms. The highest BCUT2D eigenvalue weighted by Crippen LogP contribution is 2.41. The van der Waals surface area contributed by atoms with Gasteiger partial charge in [0.1, 0.15) is 17.5 Å². The second-order valence-electron chi connectivity index (χ2n) is 7.83. The number of hydrogen-bond acceptors (Lipinski definition) is 5. The van der Waals surface area contributed by atoms with Crippen LogP contribution < -0.4 is 10.1 Å². The van der Waals surface area contributed by atoms with Gasteiger partial charge in [-0.25, -0.2) is 0 Å². The third kappa shape index (κ3) is 4.59. The summed E-state index contributed by atoms with van der Waals surface area (Å²) in [5, 5.41) is 22.6. The predicted molar refractivity (Wildman–Crippen MR) is 108 cm³/mol. The zero-order valence-electron chi connectivity index (χ0n) is 17.5. The Morgan fingerprint density at radius 2 is 1.93 bits per heavy atom. The summed E-state index contributed by atoms with van der Waals surface area (Å²) >= 11 is 0. The highest BCUT2D eigenvalue weighted by atomic mass is 19.4. The van der Waals surface area contributed by atoms with Crippen molar-refractivity contribution in [3.05, 3.63) is 40.6 Å². The molecule has 2 aromatic rings. The summed E-state index contributed by atoms with van der Waals surface area (Å²) in [4.78, 5) is 0. The summed E-state index contributed by atoms with van der Waals surface area (Å²) in [6.07, 6.45) is -0.944. The number of benzene rings is 1. The zero-order valence-corrected chi connectivity index (χ0v) is 17.5. The topological polar surface area (TPSA) is 67.3 Å². The average molecular weight is 423 g/mol. The molecule has 0 saturated carbocycles. The van der Waals surface area contributed by atoms with Crippen LogP contribution in [0.1, 0.15) is 54.7 Å². The third-order valence-corrected chi connectivity index (χ3v) is 5.76. The van der Waals surface area contributed by atoms with Crippen LogP contribution in [0.3, 0.4) is 0 Å². The molecule has 5 nitrogen and oxygen atoms in total. The lowest BCUT2D eigenvalue weighted by molar-refractivity contribution is -0.137. The summed E-state index contributed by atoms with van der Waals surface area (Å²) < 4.78 is 44.5. The quantitative estimate of drug-likeness (QED) is 0.619. The Hall–Kier alpha value is -2.19. The molecule has 0 saturated heterocycles. The Morgan fingerprint density at radius 3 is 2.60 bits per heavy atom. The van der Waals surface area contributed by atoms with Crippen LogP contribution in [0.15, 0.2) is 18.2 Å². The van der Waals surface area contributed by atoms with Crippen LogP contribution >= 0.6 is 0 Å². The number of aliphatic hydroxyl groups is 1. The van der Waals surface area contributed by atoms with Gasteiger partial charge in [0, 0.05) is 5.56 Å². The second-order valence-corrected chi connectivity index (χ2v) is 7.83. The zero-order chi connectivity index (χ0) is 21.9. The van der Waals surface area contributed by atoms with Crippen LogP contribution in [0.5, 0.6) is 5.75 Å². The van der Waals surface area contributed by atoms with Gasteiger partial charge < -0.3 is 15.2 Å². The van der Waals surface area contributed by atoms with E-state index in [0.29, 0.717) is 17.0 Å². The summed E-state index contributed by atoms with van der Waals surface area (Å²) in [6, 6.07) is 3.42. The van der Waals surface area contributed by atoms with Gasteiger partial charge in [-0.1, -0.05) is 6.92 Å². The fourth-order valence-electron chi connectivity index (χ4n) is 4.06. The van der Waals surface area contributed by atoms with Crippen molar-refractivity contribution in [3.63, 3.8) is 0 Å². The predicted octanol–water partition coefficient (Wildman–Crippen LogP) is 4.33. The summed E-state index contributed by atoms with van der Waals surface area (Å²) in [5.74, 6) is 0.144. The van der Waals surface area contributed by atoms with E-state index in [1.165, 1.54) is 13.2 Å². The molecule has 0 amide bonds. The number of rotatable bonds is 8. The number of aromatic nitrogens is 2. The van der Waals surface area contributed by atoms with Crippen molar-refractivity contribution in [2.24, 2.45) is 5.92 Å². The largest absolute Gasteiger partial charge is 0.496 e. The van der Waals surface area contributed by atoms with Gasteiger partial charge in [-0.05, 0) is 80.9 Å². The Morgan fingerprint density at radius 1 is 1.20 bits per heavy atom. The maximum absolute atomic E-state index is 13.1. The Kier molecular flexibility index (Phi) is 6.98. The van der Waals surface area contributed by atoms with E-state index < -0.39 is 17.8 Å². The molecule has 0 radical (unpaired) electrons. The van der Waals surface area contributed by atoms with E-state index >= 15 is 0 Å². The van der Waals surface area contributed by atoms with E-state index in [1.54, 1.807) is 0 Å². The minimum Gasteiger partial charge on any atom is -0.496 e. The van der Waals surface area contributed by atoms with Crippen molar-refractivity contribution in [2.75, 3.05) is 20.7 Å². The van der Waals surface area contributed by atoms with Crippen LogP contribution in [0.4, 0.5) is 13.2 Å². The Bertz CT molecular complexity index is 887. The molecule has 0 bridgehead atoms. The minimum absolute atomic E-state index is 0.0313. The summed E-state index contributed by atoms with van der Waals surface area (Å²) in [6.45, 7) is 2.88. The molecular weight excluding hydrogens is 395 g/mol. The third-order valence-electron chi connectivity index (χ3n) is 5.76. The van der Waals surface area contributed by atoms with Crippen LogP contribution in [-0.4, -0.2) is 36.0 Å². The van der Waals surface area contributed by atoms with E-state index in [-0.39, 0.29) is 11.7 Å². The number of methoxy groups -OCH3 is 1. The van der Waals surface area contributed by atoms with Crippen LogP contribution in [0.25, 0.3) is 11.3 Å². The number of nitrogens with one attached hydrogen (secondary N) is 1. The van der Waals surface area contributed by atoms with Crippen LogP contribution in [-0.2, 0) is 19.0 Å². The second kappa shape index (κ2) is 9.31. The van der Waals surface area contributed by atoms with Crippen molar-refractivity contribution in [1.29, 1.82) is 0 Å². The molecule has 0 aliphatic heterocycles. The summed E-state index contributed by atoms with van der Waals surface area (Å²) in [5.41, 5.74) is 2.75. The first-order valence-electron chi connectivity index (χ1n) is 10.2. The normalized spacial score (nSPS) is 15.7. The first-order valence-corrected chi connectivity index (χ1v) is 10.2. The van der Waals surface area contributed by atoms with Gasteiger partial charge >= 0.3 is 6.18 Å². The molecule has 0 fully saturated rings. The molecule has 8 heteroatoms. The van der Waals surface area contributed by atoms with Crippen molar-refractivity contribution in [2.45, 2.75) is 51.3 Å². The molecule has 1 aromatic carbocycles. The van der Waals surface area contributed by atoms with Crippen molar-refractivity contribution in [1.82, 2.24) is 15.5 Å². The minimum atomic E-state index is -4.45. The van der Waals surface area contributed by atoms with Gasteiger partial charge in [0.25, 0.3) is 0 Å². The van der Waals surface area contributed by atoms with Gasteiger partial charge in [-0.2, -0.15) is 18.3 Å². The molecular formula is C22H28F3N3O2. The SMILES string of the molecule is CNCCC[C@H](C)C(O)c1nnc(-c2ccc(C(F)(F)F)cc2OC)c2c1CCC2. The number of halogens is 3. The van der Waals surface area contributed by atoms with Crippen LogP contribution in [0.2, 0.25) is 0 Å². The number of alkyl halides is 3. The highest BCUT2D eigenvalue weighted by molar-refractivity contribution is 5.72. The molecule has 1 heterocycles. The maximum Gasteiger partial charge on any atom is 0.416 e. The molecule has 1 aromatic heterocycles. The lowest BCUT2D eigenvalue weighted by atomic mass is 9.92. The fraction of sp³-hybridized carbons (Fsp3) is 0.545. The highest BCUT2D eigenvalue weighted by Gasteiger charge is 2.33. The number of nitrogens with zero attached hydrogens (tertiary/aromatic N) is 2. The number of aliphatic hydroxyl groups excluding tert-OH is 1. The maximum atomic E-state index is 13.1. The summed E-state index contributed by atoms with van der Waals surface area (Å²) in [7, 11) is 3.24. The van der Waals surface area contributed by atoms with Crippen molar-refractivity contribution in [3.8, 4) is 17.0 Å². The molecule has 2 N–H and O–H groups in total. The smallest absolute Gasteiger partial charge is 0.416 e. The van der Waals surface area contributed by atoms with E-state index in [2.05, 4.69) is 15.5 Å². The molecule has 1 unspecified atom stereocenters. The first-order chi connectivity index (χ1) is 14.3. The van der Waals surface area contributed by atoms with Gasteiger partial charge in [-0.3, -0.25) is 0 Å². The van der Waals surface area contributed by atoms with Crippen molar-refractivity contribution < 1.29 is 23.0 Å².